The van der Waals surface area contributed by atoms with E-state index in [2.05, 4.69) is 40.7 Å². The molecule has 3 saturated carbocycles. The molecule has 0 spiro atoms. The van der Waals surface area contributed by atoms with Crippen molar-refractivity contribution in [3.63, 3.8) is 0 Å². The highest BCUT2D eigenvalue weighted by molar-refractivity contribution is 5.59. The van der Waals surface area contributed by atoms with Gasteiger partial charge in [-0.3, -0.25) is 0 Å². The number of rotatable bonds is 6. The molecule has 0 aromatic rings. The highest BCUT2D eigenvalue weighted by atomic mass is 16.7. The molecule has 3 fully saturated rings. The van der Waals surface area contributed by atoms with Gasteiger partial charge >= 0.3 is 6.16 Å². The van der Waals surface area contributed by atoms with Crippen molar-refractivity contribution in [2.75, 3.05) is 7.11 Å². The molecular weight excluding hydrogens is 396 g/mol. The highest BCUT2D eigenvalue weighted by Crippen LogP contribution is 2.67. The van der Waals surface area contributed by atoms with E-state index >= 15 is 0 Å². The number of hydrogen-bond donors (Lipinski definition) is 0. The van der Waals surface area contributed by atoms with Crippen molar-refractivity contribution in [3.8, 4) is 0 Å². The van der Waals surface area contributed by atoms with Crippen LogP contribution in [-0.2, 0) is 9.47 Å². The standard InChI is InChI=1S/C29H48O3/c1-19(2)8-7-9-20(3)24-12-13-25-23-11-10-21-18-22(32-27(30)31-6)14-16-28(21,4)26(23)15-17-29(24,25)5/h10,19-20,22-26H,7-9,11-18H2,1-6H3/t20-,22+,23+,24?,25+,26+,28+,29-/m1/s1. The van der Waals surface area contributed by atoms with E-state index in [4.69, 9.17) is 9.47 Å². The maximum Gasteiger partial charge on any atom is 0.508 e. The summed E-state index contributed by atoms with van der Waals surface area (Å²) in [5, 5.41) is 0. The molecule has 1 unspecified atom stereocenters. The summed E-state index contributed by atoms with van der Waals surface area (Å²) in [6.07, 6.45) is 16.2. The Morgan fingerprint density at radius 3 is 2.56 bits per heavy atom. The van der Waals surface area contributed by atoms with Crippen LogP contribution in [-0.4, -0.2) is 19.4 Å². The molecule has 3 heteroatoms. The first-order valence-electron chi connectivity index (χ1n) is 13.6. The smallest absolute Gasteiger partial charge is 0.438 e. The van der Waals surface area contributed by atoms with Crippen molar-refractivity contribution in [2.24, 2.45) is 46.3 Å². The number of fused-ring (bicyclic) bond motifs is 5. The second-order valence-electron chi connectivity index (χ2n) is 12.7. The molecule has 4 aliphatic carbocycles. The van der Waals surface area contributed by atoms with Gasteiger partial charge in [0.1, 0.15) is 6.10 Å². The van der Waals surface area contributed by atoms with Crippen LogP contribution in [0.5, 0.6) is 0 Å². The predicted octanol–water partition coefficient (Wildman–Crippen LogP) is 8.18. The van der Waals surface area contributed by atoms with Crippen LogP contribution in [0.25, 0.3) is 0 Å². The van der Waals surface area contributed by atoms with Crippen LogP contribution in [0, 0.1) is 46.3 Å². The summed E-state index contributed by atoms with van der Waals surface area (Å²) >= 11 is 0. The Hall–Kier alpha value is -0.990. The Bertz CT molecular complexity index is 711. The Morgan fingerprint density at radius 1 is 1.06 bits per heavy atom. The monoisotopic (exact) mass is 444 g/mol. The van der Waals surface area contributed by atoms with Crippen LogP contribution >= 0.6 is 0 Å². The largest absolute Gasteiger partial charge is 0.508 e. The molecule has 182 valence electrons. The van der Waals surface area contributed by atoms with Gasteiger partial charge in [-0.2, -0.15) is 0 Å². The summed E-state index contributed by atoms with van der Waals surface area (Å²) in [6, 6.07) is 0. The fourth-order valence-electron chi connectivity index (χ4n) is 8.94. The van der Waals surface area contributed by atoms with E-state index in [1.165, 1.54) is 58.5 Å². The number of hydrogen-bond acceptors (Lipinski definition) is 3. The third-order valence-corrected chi connectivity index (χ3v) is 10.7. The van der Waals surface area contributed by atoms with E-state index in [-0.39, 0.29) is 6.10 Å². The number of ether oxygens (including phenoxy) is 2. The van der Waals surface area contributed by atoms with Gasteiger partial charge in [0.05, 0.1) is 7.11 Å². The fourth-order valence-corrected chi connectivity index (χ4v) is 8.94. The van der Waals surface area contributed by atoms with Crippen molar-refractivity contribution in [3.05, 3.63) is 11.6 Å². The quantitative estimate of drug-likeness (QED) is 0.306. The van der Waals surface area contributed by atoms with E-state index < -0.39 is 6.16 Å². The first kappa shape index (κ1) is 24.1. The van der Waals surface area contributed by atoms with Gasteiger partial charge < -0.3 is 9.47 Å². The van der Waals surface area contributed by atoms with Gasteiger partial charge in [0.2, 0.25) is 0 Å². The van der Waals surface area contributed by atoms with Crippen LogP contribution in [0.4, 0.5) is 4.79 Å². The molecule has 0 aromatic carbocycles. The second-order valence-corrected chi connectivity index (χ2v) is 12.7. The third-order valence-electron chi connectivity index (χ3n) is 10.7. The van der Waals surface area contributed by atoms with Crippen LogP contribution in [0.3, 0.4) is 0 Å². The van der Waals surface area contributed by atoms with Crippen molar-refractivity contribution in [1.82, 2.24) is 0 Å². The Balaban J connectivity index is 1.45. The molecular formula is C29H48O3. The van der Waals surface area contributed by atoms with E-state index in [1.807, 2.05) is 0 Å². The van der Waals surface area contributed by atoms with Crippen molar-refractivity contribution in [1.29, 1.82) is 0 Å². The van der Waals surface area contributed by atoms with Crippen molar-refractivity contribution in [2.45, 2.75) is 111 Å². The molecule has 0 heterocycles. The number of methoxy groups -OCH3 is 1. The van der Waals surface area contributed by atoms with Crippen LogP contribution in [0.1, 0.15) is 105 Å². The molecule has 0 N–H and O–H groups in total. The van der Waals surface area contributed by atoms with Crippen molar-refractivity contribution < 1.29 is 14.3 Å². The minimum Gasteiger partial charge on any atom is -0.438 e. The Kier molecular flexibility index (Phi) is 7.04. The third kappa shape index (κ3) is 4.27. The Morgan fingerprint density at radius 2 is 1.84 bits per heavy atom. The molecule has 8 atom stereocenters. The fraction of sp³-hybridized carbons (Fsp3) is 0.897. The van der Waals surface area contributed by atoms with Crippen LogP contribution in [0.15, 0.2) is 11.6 Å². The van der Waals surface area contributed by atoms with E-state index in [9.17, 15) is 4.79 Å². The summed E-state index contributed by atoms with van der Waals surface area (Å²) < 4.78 is 10.3. The topological polar surface area (TPSA) is 35.5 Å². The van der Waals surface area contributed by atoms with E-state index in [0.717, 1.165) is 54.8 Å². The minimum atomic E-state index is -0.527. The SMILES string of the molecule is COC(=O)O[C@H]1CC[C@@]2(C)C(=CC[C@@H]3[C@@H]2CC[C@]2(C)C([C@H](C)CCCC(C)C)CC[C@@H]32)C1. The van der Waals surface area contributed by atoms with E-state index in [0.29, 0.717) is 10.8 Å². The lowest BCUT2D eigenvalue weighted by atomic mass is 9.47. The normalized spacial score (nSPS) is 41.8. The second kappa shape index (κ2) is 9.34. The van der Waals surface area contributed by atoms with Gasteiger partial charge in [0, 0.05) is 6.42 Å². The van der Waals surface area contributed by atoms with Gasteiger partial charge in [-0.05, 0) is 91.3 Å². The minimum absolute atomic E-state index is 0.00488. The summed E-state index contributed by atoms with van der Waals surface area (Å²) in [5.74, 6) is 5.20. The molecule has 0 amide bonds. The Labute approximate surface area is 197 Å². The van der Waals surface area contributed by atoms with Gasteiger partial charge in [0.15, 0.2) is 0 Å². The van der Waals surface area contributed by atoms with E-state index in [1.54, 1.807) is 5.57 Å². The molecule has 0 aliphatic heterocycles. The number of carbonyl (C=O) groups is 1. The maximum absolute atomic E-state index is 11.6. The zero-order valence-corrected chi connectivity index (χ0v) is 21.6. The van der Waals surface area contributed by atoms with Gasteiger partial charge in [-0.1, -0.05) is 65.5 Å². The average Bonchev–Trinajstić information content (AvgIpc) is 3.11. The lowest BCUT2D eigenvalue weighted by Crippen LogP contribution is -2.51. The highest BCUT2D eigenvalue weighted by Gasteiger charge is 2.59. The van der Waals surface area contributed by atoms with Crippen LogP contribution < -0.4 is 0 Å². The summed E-state index contributed by atoms with van der Waals surface area (Å²) in [4.78, 5) is 11.6. The first-order valence-corrected chi connectivity index (χ1v) is 13.6. The maximum atomic E-state index is 11.6. The van der Waals surface area contributed by atoms with Crippen LogP contribution in [0.2, 0.25) is 0 Å². The number of carbonyl (C=O) groups excluding carboxylic acids is 1. The molecule has 0 saturated heterocycles. The first-order chi connectivity index (χ1) is 15.2. The van der Waals surface area contributed by atoms with Crippen molar-refractivity contribution >= 4 is 6.16 Å². The molecule has 0 aromatic heterocycles. The lowest BCUT2D eigenvalue weighted by Gasteiger charge is -2.58. The molecule has 32 heavy (non-hydrogen) atoms. The molecule has 0 bridgehead atoms. The average molecular weight is 445 g/mol. The number of allylic oxidation sites excluding steroid dienone is 1. The molecule has 0 radical (unpaired) electrons. The molecule has 4 rings (SSSR count). The van der Waals surface area contributed by atoms with Gasteiger partial charge in [-0.15, -0.1) is 0 Å². The molecule has 3 nitrogen and oxygen atoms in total. The summed E-state index contributed by atoms with van der Waals surface area (Å²) in [7, 11) is 1.40. The predicted molar refractivity (Wildman–Crippen MR) is 130 cm³/mol. The lowest BCUT2D eigenvalue weighted by molar-refractivity contribution is -0.0608. The van der Waals surface area contributed by atoms with Gasteiger partial charge in [0.25, 0.3) is 0 Å². The molecule has 4 aliphatic rings. The zero-order chi connectivity index (χ0) is 23.1. The summed E-state index contributed by atoms with van der Waals surface area (Å²) in [6.45, 7) is 12.5. The summed E-state index contributed by atoms with van der Waals surface area (Å²) in [5.41, 5.74) is 2.42. The zero-order valence-electron chi connectivity index (χ0n) is 21.6. The van der Waals surface area contributed by atoms with Gasteiger partial charge in [-0.25, -0.2) is 4.79 Å².